The summed E-state index contributed by atoms with van der Waals surface area (Å²) in [6.07, 6.45) is -0.230. The van der Waals surface area contributed by atoms with Gasteiger partial charge in [0.2, 0.25) is 0 Å². The zero-order chi connectivity index (χ0) is 17.1. The molecule has 0 saturated carbocycles. The predicted octanol–water partition coefficient (Wildman–Crippen LogP) is 3.86. The van der Waals surface area contributed by atoms with E-state index < -0.39 is 0 Å². The summed E-state index contributed by atoms with van der Waals surface area (Å²) in [6.45, 7) is 4.44. The highest BCUT2D eigenvalue weighted by molar-refractivity contribution is 5.33. The first-order valence-corrected chi connectivity index (χ1v) is 7.34. The molecular formula is C18H24O5. The van der Waals surface area contributed by atoms with Crippen LogP contribution in [0.15, 0.2) is 48.5 Å². The topological polar surface area (TPSA) is 57.2 Å². The second kappa shape index (κ2) is 10.3. The van der Waals surface area contributed by atoms with Gasteiger partial charge in [-0.1, -0.05) is 12.1 Å². The fourth-order valence-electron chi connectivity index (χ4n) is 1.75. The Morgan fingerprint density at radius 3 is 2.00 bits per heavy atom. The first-order chi connectivity index (χ1) is 11.1. The van der Waals surface area contributed by atoms with E-state index in [0.717, 1.165) is 11.5 Å². The molecule has 0 saturated heterocycles. The van der Waals surface area contributed by atoms with Gasteiger partial charge in [-0.3, -0.25) is 0 Å². The maximum Gasteiger partial charge on any atom is 0.196 e. The molecule has 126 valence electrons. The number of rotatable bonds is 6. The number of ether oxygens (including phenoxy) is 4. The summed E-state index contributed by atoms with van der Waals surface area (Å²) >= 11 is 0. The quantitative estimate of drug-likeness (QED) is 0.819. The van der Waals surface area contributed by atoms with Crippen LogP contribution in [0.25, 0.3) is 0 Å². The molecule has 0 aliphatic carbocycles. The molecule has 0 heterocycles. The largest absolute Gasteiger partial charge is 0.508 e. The normalized spacial score (nSPS) is 11.0. The average molecular weight is 320 g/mol. The van der Waals surface area contributed by atoms with Crippen LogP contribution >= 0.6 is 0 Å². The maximum atomic E-state index is 8.86. The van der Waals surface area contributed by atoms with E-state index in [0.29, 0.717) is 12.4 Å². The number of hydrogen-bond donors (Lipinski definition) is 1. The van der Waals surface area contributed by atoms with Crippen LogP contribution in [0.1, 0.15) is 13.8 Å². The molecule has 5 heteroatoms. The Hall–Kier alpha value is -2.40. The Balaban J connectivity index is 0.000000253. The van der Waals surface area contributed by atoms with Crippen molar-refractivity contribution in [1.29, 1.82) is 0 Å². The van der Waals surface area contributed by atoms with Gasteiger partial charge < -0.3 is 24.1 Å². The summed E-state index contributed by atoms with van der Waals surface area (Å²) in [6, 6.07) is 14.1. The number of phenols is 1. The van der Waals surface area contributed by atoms with E-state index in [1.165, 1.54) is 0 Å². The Labute approximate surface area is 137 Å². The summed E-state index contributed by atoms with van der Waals surface area (Å²) < 4.78 is 20.7. The van der Waals surface area contributed by atoms with Crippen LogP contribution in [0.4, 0.5) is 0 Å². The Bertz CT molecular complexity index is 571. The van der Waals surface area contributed by atoms with Gasteiger partial charge in [-0.15, -0.1) is 0 Å². The first kappa shape index (κ1) is 18.6. The number of hydrogen-bond acceptors (Lipinski definition) is 5. The highest BCUT2D eigenvalue weighted by atomic mass is 16.7. The van der Waals surface area contributed by atoms with Gasteiger partial charge in [0.05, 0.1) is 14.2 Å². The standard InChI is InChI=1S/C11H16O3.C7H8O2/c1-4-13-9(2)14-11-7-5-6-10(8-11)12-3;1-9-7-4-2-3-6(8)5-7/h5-9H,4H2,1-3H3;2-5,8H,1H3. The van der Waals surface area contributed by atoms with Crippen molar-refractivity contribution in [2.75, 3.05) is 20.8 Å². The lowest BCUT2D eigenvalue weighted by Crippen LogP contribution is -2.15. The molecule has 2 aromatic rings. The van der Waals surface area contributed by atoms with Crippen LogP contribution in [-0.2, 0) is 4.74 Å². The maximum absolute atomic E-state index is 8.86. The minimum atomic E-state index is -0.230. The van der Waals surface area contributed by atoms with Crippen LogP contribution in [0.2, 0.25) is 0 Å². The minimum Gasteiger partial charge on any atom is -0.508 e. The summed E-state index contributed by atoms with van der Waals surface area (Å²) in [5.41, 5.74) is 0. The van der Waals surface area contributed by atoms with E-state index in [1.54, 1.807) is 38.5 Å². The number of benzene rings is 2. The first-order valence-electron chi connectivity index (χ1n) is 7.34. The molecule has 2 rings (SSSR count). The molecular weight excluding hydrogens is 296 g/mol. The van der Waals surface area contributed by atoms with Crippen LogP contribution < -0.4 is 14.2 Å². The van der Waals surface area contributed by atoms with Crippen molar-refractivity contribution in [3.05, 3.63) is 48.5 Å². The van der Waals surface area contributed by atoms with Gasteiger partial charge in [-0.25, -0.2) is 0 Å². The van der Waals surface area contributed by atoms with Gasteiger partial charge in [0.15, 0.2) is 6.29 Å². The smallest absolute Gasteiger partial charge is 0.196 e. The second-order valence-corrected chi connectivity index (χ2v) is 4.52. The molecule has 1 N–H and O–H groups in total. The third kappa shape index (κ3) is 7.42. The van der Waals surface area contributed by atoms with Crippen molar-refractivity contribution in [2.45, 2.75) is 20.1 Å². The molecule has 0 amide bonds. The number of aromatic hydroxyl groups is 1. The number of methoxy groups -OCH3 is 2. The third-order valence-electron chi connectivity index (χ3n) is 2.80. The van der Waals surface area contributed by atoms with Crippen LogP contribution in [0, 0.1) is 0 Å². The zero-order valence-electron chi connectivity index (χ0n) is 14.0. The van der Waals surface area contributed by atoms with Gasteiger partial charge >= 0.3 is 0 Å². The lowest BCUT2D eigenvalue weighted by Gasteiger charge is -2.14. The van der Waals surface area contributed by atoms with Crippen molar-refractivity contribution in [3.8, 4) is 23.0 Å². The molecule has 0 aromatic heterocycles. The lowest BCUT2D eigenvalue weighted by atomic mass is 10.3. The van der Waals surface area contributed by atoms with E-state index in [4.69, 9.17) is 24.1 Å². The van der Waals surface area contributed by atoms with Gasteiger partial charge in [0, 0.05) is 18.7 Å². The Morgan fingerprint density at radius 2 is 1.48 bits per heavy atom. The third-order valence-corrected chi connectivity index (χ3v) is 2.80. The summed E-state index contributed by atoms with van der Waals surface area (Å²) in [5, 5.41) is 8.86. The van der Waals surface area contributed by atoms with E-state index in [2.05, 4.69) is 0 Å². The average Bonchev–Trinajstić information content (AvgIpc) is 2.55. The lowest BCUT2D eigenvalue weighted by molar-refractivity contribution is -0.0613. The van der Waals surface area contributed by atoms with Crippen molar-refractivity contribution >= 4 is 0 Å². The SMILES string of the molecule is CCOC(C)Oc1cccc(OC)c1.COc1cccc(O)c1. The molecule has 0 spiro atoms. The van der Waals surface area contributed by atoms with Crippen molar-refractivity contribution in [1.82, 2.24) is 0 Å². The molecule has 1 unspecified atom stereocenters. The molecule has 0 aliphatic heterocycles. The van der Waals surface area contributed by atoms with Crippen molar-refractivity contribution in [2.24, 2.45) is 0 Å². The molecule has 1 atom stereocenters. The van der Waals surface area contributed by atoms with E-state index in [9.17, 15) is 0 Å². The molecule has 2 aromatic carbocycles. The summed E-state index contributed by atoms with van der Waals surface area (Å²) in [7, 11) is 3.19. The molecule has 23 heavy (non-hydrogen) atoms. The van der Waals surface area contributed by atoms with Crippen LogP contribution in [0.3, 0.4) is 0 Å². The second-order valence-electron chi connectivity index (χ2n) is 4.52. The van der Waals surface area contributed by atoms with Crippen LogP contribution in [0.5, 0.6) is 23.0 Å². The molecule has 0 fully saturated rings. The fraction of sp³-hybridized carbons (Fsp3) is 0.333. The summed E-state index contributed by atoms with van der Waals surface area (Å²) in [4.78, 5) is 0. The molecule has 0 bridgehead atoms. The molecule has 0 radical (unpaired) electrons. The fourth-order valence-corrected chi connectivity index (χ4v) is 1.75. The zero-order valence-corrected chi connectivity index (χ0v) is 14.0. The van der Waals surface area contributed by atoms with E-state index in [-0.39, 0.29) is 12.0 Å². The van der Waals surface area contributed by atoms with Crippen molar-refractivity contribution in [3.63, 3.8) is 0 Å². The molecule has 5 nitrogen and oxygen atoms in total. The molecule has 0 aliphatic rings. The van der Waals surface area contributed by atoms with Crippen LogP contribution in [-0.4, -0.2) is 32.2 Å². The van der Waals surface area contributed by atoms with E-state index >= 15 is 0 Å². The Kier molecular flexibility index (Phi) is 8.39. The highest BCUT2D eigenvalue weighted by Gasteiger charge is 2.03. The van der Waals surface area contributed by atoms with Gasteiger partial charge in [0.25, 0.3) is 0 Å². The monoisotopic (exact) mass is 320 g/mol. The minimum absolute atomic E-state index is 0.230. The van der Waals surface area contributed by atoms with E-state index in [1.807, 2.05) is 38.1 Å². The summed E-state index contributed by atoms with van der Waals surface area (Å²) in [5.74, 6) is 2.45. The predicted molar refractivity (Wildman–Crippen MR) is 89.4 cm³/mol. The Morgan fingerprint density at radius 1 is 0.913 bits per heavy atom. The van der Waals surface area contributed by atoms with Gasteiger partial charge in [-0.05, 0) is 38.1 Å². The highest BCUT2D eigenvalue weighted by Crippen LogP contribution is 2.20. The van der Waals surface area contributed by atoms with Crippen molar-refractivity contribution < 1.29 is 24.1 Å². The van der Waals surface area contributed by atoms with Gasteiger partial charge in [0.1, 0.15) is 23.0 Å². The number of phenolic OH excluding ortho intramolecular Hbond substituents is 1. The van der Waals surface area contributed by atoms with Gasteiger partial charge in [-0.2, -0.15) is 0 Å².